The molecule has 2 rings (SSSR count). The number of tetrazole rings is 1. The summed E-state index contributed by atoms with van der Waals surface area (Å²) in [6.07, 6.45) is 0.439. The van der Waals surface area contributed by atoms with E-state index in [2.05, 4.69) is 31.5 Å². The van der Waals surface area contributed by atoms with Crippen molar-refractivity contribution in [3.8, 4) is 11.4 Å². The first-order valence-corrected chi connectivity index (χ1v) is 7.11. The van der Waals surface area contributed by atoms with Crippen LogP contribution in [0.1, 0.15) is 20.3 Å². The predicted molar refractivity (Wildman–Crippen MR) is 76.9 cm³/mol. The number of rotatable bonds is 5. The minimum Gasteiger partial charge on any atom is -0.481 e. The maximum atomic E-state index is 13.3. The van der Waals surface area contributed by atoms with E-state index in [1.165, 1.54) is 10.7 Å². The maximum Gasteiger partial charge on any atom is 0.311 e. The number of carbonyl (C=O) groups is 1. The summed E-state index contributed by atoms with van der Waals surface area (Å²) in [5.74, 6) is -0.898. The monoisotopic (exact) mass is 356 g/mol. The highest BCUT2D eigenvalue weighted by Crippen LogP contribution is 2.27. The summed E-state index contributed by atoms with van der Waals surface area (Å²) in [4.78, 5) is 11.4. The molecule has 0 saturated heterocycles. The van der Waals surface area contributed by atoms with E-state index in [-0.39, 0.29) is 12.4 Å². The van der Waals surface area contributed by atoms with Crippen molar-refractivity contribution in [2.75, 3.05) is 0 Å². The zero-order valence-electron chi connectivity index (χ0n) is 11.5. The number of benzene rings is 1. The molecule has 21 heavy (non-hydrogen) atoms. The zero-order valence-corrected chi connectivity index (χ0v) is 13.1. The van der Waals surface area contributed by atoms with E-state index in [4.69, 9.17) is 0 Å². The van der Waals surface area contributed by atoms with Gasteiger partial charge in [0.25, 0.3) is 0 Å². The van der Waals surface area contributed by atoms with E-state index >= 15 is 0 Å². The highest BCUT2D eigenvalue weighted by atomic mass is 79.9. The highest BCUT2D eigenvalue weighted by molar-refractivity contribution is 9.10. The number of hydrogen-bond acceptors (Lipinski definition) is 4. The van der Waals surface area contributed by atoms with Gasteiger partial charge in [-0.05, 0) is 57.9 Å². The van der Waals surface area contributed by atoms with Crippen molar-refractivity contribution in [1.82, 2.24) is 20.2 Å². The number of carboxylic acid groups (broad SMARTS) is 1. The summed E-state index contributed by atoms with van der Waals surface area (Å²) < 4.78 is 15.0. The molecule has 0 aliphatic rings. The van der Waals surface area contributed by atoms with Crippen molar-refractivity contribution in [2.45, 2.75) is 26.8 Å². The Kier molecular flexibility index (Phi) is 4.36. The largest absolute Gasteiger partial charge is 0.481 e. The van der Waals surface area contributed by atoms with E-state index in [9.17, 15) is 14.3 Å². The summed E-state index contributed by atoms with van der Waals surface area (Å²) in [5.41, 5.74) is -0.362. The molecule has 112 valence electrons. The molecule has 2 aromatic rings. The van der Waals surface area contributed by atoms with Crippen LogP contribution in [0.2, 0.25) is 0 Å². The quantitative estimate of drug-likeness (QED) is 0.890. The summed E-state index contributed by atoms with van der Waals surface area (Å²) in [6.45, 7) is 3.57. The lowest BCUT2D eigenvalue weighted by atomic mass is 9.88. The molecule has 0 aliphatic carbocycles. The van der Waals surface area contributed by atoms with Gasteiger partial charge in [0.05, 0.1) is 16.4 Å². The Morgan fingerprint density at radius 2 is 2.24 bits per heavy atom. The molecule has 6 nitrogen and oxygen atoms in total. The van der Waals surface area contributed by atoms with Gasteiger partial charge in [0.1, 0.15) is 5.82 Å². The van der Waals surface area contributed by atoms with Gasteiger partial charge in [-0.2, -0.15) is 0 Å². The Hall–Kier alpha value is -1.83. The van der Waals surface area contributed by atoms with Crippen molar-refractivity contribution in [2.24, 2.45) is 5.41 Å². The van der Waals surface area contributed by atoms with Crippen LogP contribution in [0.5, 0.6) is 0 Å². The lowest BCUT2D eigenvalue weighted by Crippen LogP contribution is -2.32. The molecular formula is C13H14BrFN4O2. The Morgan fingerprint density at radius 3 is 2.81 bits per heavy atom. The van der Waals surface area contributed by atoms with E-state index < -0.39 is 11.4 Å². The van der Waals surface area contributed by atoms with Crippen LogP contribution in [0.4, 0.5) is 4.39 Å². The summed E-state index contributed by atoms with van der Waals surface area (Å²) in [6, 6.07) is 4.41. The fourth-order valence-corrected chi connectivity index (χ4v) is 2.19. The summed E-state index contributed by atoms with van der Waals surface area (Å²) in [7, 11) is 0. The second-order valence-electron chi connectivity index (χ2n) is 5.01. The fourth-order valence-electron chi connectivity index (χ4n) is 1.81. The summed E-state index contributed by atoms with van der Waals surface area (Å²) in [5, 5.41) is 20.7. The molecule has 1 aromatic carbocycles. The number of aromatic nitrogens is 4. The van der Waals surface area contributed by atoms with Crippen molar-refractivity contribution in [3.05, 3.63) is 28.5 Å². The van der Waals surface area contributed by atoms with E-state index in [1.54, 1.807) is 26.0 Å². The molecule has 1 heterocycles. The normalized spacial score (nSPS) is 13.9. The lowest BCUT2D eigenvalue weighted by Gasteiger charge is -2.22. The fraction of sp³-hybridized carbons (Fsp3) is 0.385. The van der Waals surface area contributed by atoms with Gasteiger partial charge in [0, 0.05) is 5.56 Å². The summed E-state index contributed by atoms with van der Waals surface area (Å²) >= 11 is 3.11. The molecule has 0 saturated carbocycles. The smallest absolute Gasteiger partial charge is 0.311 e. The average molecular weight is 357 g/mol. The van der Waals surface area contributed by atoms with Gasteiger partial charge in [-0.15, -0.1) is 5.10 Å². The first-order valence-electron chi connectivity index (χ1n) is 6.32. The SMILES string of the molecule is CCC(C)(Cn1nnnc1-c1ccc(F)c(Br)c1)C(=O)O. The molecule has 0 spiro atoms. The Balaban J connectivity index is 2.39. The minimum absolute atomic E-state index is 0.135. The van der Waals surface area contributed by atoms with Gasteiger partial charge >= 0.3 is 5.97 Å². The molecule has 1 aromatic heterocycles. The Morgan fingerprint density at radius 1 is 1.52 bits per heavy atom. The van der Waals surface area contributed by atoms with E-state index in [1.807, 2.05) is 0 Å². The van der Waals surface area contributed by atoms with Crippen LogP contribution in [0.3, 0.4) is 0 Å². The molecule has 0 radical (unpaired) electrons. The average Bonchev–Trinajstić information content (AvgIpc) is 2.89. The highest BCUT2D eigenvalue weighted by Gasteiger charge is 2.33. The Bertz CT molecular complexity index is 676. The van der Waals surface area contributed by atoms with Crippen molar-refractivity contribution >= 4 is 21.9 Å². The number of halogens is 2. The lowest BCUT2D eigenvalue weighted by molar-refractivity contribution is -0.149. The maximum absolute atomic E-state index is 13.3. The molecule has 1 unspecified atom stereocenters. The molecule has 0 fully saturated rings. The van der Waals surface area contributed by atoms with Gasteiger partial charge in [0.15, 0.2) is 5.82 Å². The third-order valence-electron chi connectivity index (χ3n) is 3.51. The van der Waals surface area contributed by atoms with Crippen LogP contribution >= 0.6 is 15.9 Å². The number of hydrogen-bond donors (Lipinski definition) is 1. The first kappa shape index (κ1) is 15.6. The third-order valence-corrected chi connectivity index (χ3v) is 4.11. The molecule has 8 heteroatoms. The van der Waals surface area contributed by atoms with Crippen LogP contribution < -0.4 is 0 Å². The van der Waals surface area contributed by atoms with Crippen LogP contribution in [0.15, 0.2) is 22.7 Å². The number of carboxylic acids is 1. The van der Waals surface area contributed by atoms with Crippen molar-refractivity contribution in [1.29, 1.82) is 0 Å². The molecule has 1 atom stereocenters. The molecule has 0 aliphatic heterocycles. The predicted octanol–water partition coefficient (Wildman–Crippen LogP) is 2.74. The molecule has 1 N–H and O–H groups in total. The Labute approximate surface area is 129 Å². The van der Waals surface area contributed by atoms with E-state index in [0.29, 0.717) is 22.3 Å². The van der Waals surface area contributed by atoms with Gasteiger partial charge in [-0.1, -0.05) is 6.92 Å². The van der Waals surface area contributed by atoms with Crippen LogP contribution in [0.25, 0.3) is 11.4 Å². The second kappa shape index (κ2) is 5.88. The molecule has 0 amide bonds. The van der Waals surface area contributed by atoms with Gasteiger partial charge in [0.2, 0.25) is 0 Å². The van der Waals surface area contributed by atoms with Gasteiger partial charge in [-0.3, -0.25) is 4.79 Å². The number of aliphatic carboxylic acids is 1. The first-order chi connectivity index (χ1) is 9.87. The van der Waals surface area contributed by atoms with Gasteiger partial charge < -0.3 is 5.11 Å². The van der Waals surface area contributed by atoms with Crippen LogP contribution in [-0.2, 0) is 11.3 Å². The van der Waals surface area contributed by atoms with Crippen molar-refractivity contribution in [3.63, 3.8) is 0 Å². The van der Waals surface area contributed by atoms with Crippen LogP contribution in [0, 0.1) is 11.2 Å². The zero-order chi connectivity index (χ0) is 15.6. The van der Waals surface area contributed by atoms with Crippen LogP contribution in [-0.4, -0.2) is 31.3 Å². The van der Waals surface area contributed by atoms with E-state index in [0.717, 1.165) is 0 Å². The molecular weight excluding hydrogens is 343 g/mol. The van der Waals surface area contributed by atoms with Crippen molar-refractivity contribution < 1.29 is 14.3 Å². The second-order valence-corrected chi connectivity index (χ2v) is 5.86. The minimum atomic E-state index is -0.971. The standard InChI is InChI=1S/C13H14BrFN4O2/c1-3-13(2,12(20)21)7-19-11(16-17-18-19)8-4-5-10(15)9(14)6-8/h4-6H,3,7H2,1-2H3,(H,20,21). The third kappa shape index (κ3) is 3.10. The number of nitrogens with zero attached hydrogens (tertiary/aromatic N) is 4. The topological polar surface area (TPSA) is 80.9 Å². The molecule has 0 bridgehead atoms. The van der Waals surface area contributed by atoms with Gasteiger partial charge in [-0.25, -0.2) is 9.07 Å².